The predicted octanol–water partition coefficient (Wildman–Crippen LogP) is 5.40. The van der Waals surface area contributed by atoms with Gasteiger partial charge < -0.3 is 20.1 Å². The number of urea groups is 1. The van der Waals surface area contributed by atoms with Gasteiger partial charge in [-0.3, -0.25) is 4.79 Å². The van der Waals surface area contributed by atoms with Crippen molar-refractivity contribution in [2.45, 2.75) is 38.3 Å². The molecule has 0 spiro atoms. The number of hydrogen-bond acceptors (Lipinski definition) is 2. The van der Waals surface area contributed by atoms with E-state index in [-0.39, 0.29) is 11.9 Å². The number of carbonyl (C=O) groups excluding carboxylic acids is 2. The smallest absolute Gasteiger partial charge is 0.318 e. The van der Waals surface area contributed by atoms with E-state index in [1.807, 2.05) is 65.7 Å². The van der Waals surface area contributed by atoms with Crippen LogP contribution in [0.1, 0.15) is 29.5 Å². The number of carbonyl (C=O) groups is 2. The number of para-hydroxylation sites is 1. The van der Waals surface area contributed by atoms with Crippen molar-refractivity contribution in [3.8, 4) is 0 Å². The minimum Gasteiger partial charge on any atom is -0.361 e. The van der Waals surface area contributed by atoms with Crippen LogP contribution in [0, 0.1) is 5.92 Å². The van der Waals surface area contributed by atoms with E-state index in [9.17, 15) is 9.59 Å². The topological polar surface area (TPSA) is 68.4 Å². The molecule has 6 heteroatoms. The summed E-state index contributed by atoms with van der Waals surface area (Å²) < 4.78 is 0. The van der Waals surface area contributed by atoms with Gasteiger partial charge in [0.15, 0.2) is 0 Å². The first-order valence-electron chi connectivity index (χ1n) is 13.5. The summed E-state index contributed by atoms with van der Waals surface area (Å²) in [5.74, 6) is 0.480. The fourth-order valence-corrected chi connectivity index (χ4v) is 5.45. The van der Waals surface area contributed by atoms with Crippen LogP contribution in [-0.2, 0) is 24.2 Å². The molecule has 0 aliphatic carbocycles. The van der Waals surface area contributed by atoms with Crippen LogP contribution in [0.4, 0.5) is 4.79 Å². The summed E-state index contributed by atoms with van der Waals surface area (Å²) in [5.41, 5.74) is 4.45. The van der Waals surface area contributed by atoms with Crippen molar-refractivity contribution in [2.24, 2.45) is 5.92 Å². The first kappa shape index (κ1) is 25.6. The van der Waals surface area contributed by atoms with Crippen LogP contribution in [0.5, 0.6) is 0 Å². The van der Waals surface area contributed by atoms with Crippen molar-refractivity contribution in [3.63, 3.8) is 0 Å². The molecule has 2 N–H and O–H groups in total. The summed E-state index contributed by atoms with van der Waals surface area (Å²) in [6, 6.07) is 27.7. The zero-order valence-corrected chi connectivity index (χ0v) is 22.0. The van der Waals surface area contributed by atoms with Crippen molar-refractivity contribution in [1.82, 2.24) is 20.1 Å². The Morgan fingerprint density at radius 2 is 1.55 bits per heavy atom. The average molecular weight is 509 g/mol. The number of benzene rings is 3. The molecule has 5 rings (SSSR count). The van der Waals surface area contributed by atoms with E-state index in [0.717, 1.165) is 41.3 Å². The molecule has 0 saturated carbocycles. The minimum atomic E-state index is -0.655. The van der Waals surface area contributed by atoms with Crippen molar-refractivity contribution in [2.75, 3.05) is 20.1 Å². The molecule has 1 atom stereocenters. The Balaban J connectivity index is 1.26. The maximum Gasteiger partial charge on any atom is 0.318 e. The van der Waals surface area contributed by atoms with Gasteiger partial charge in [0, 0.05) is 50.2 Å². The standard InChI is InChI=1S/C32H36N4O2/c1-35(23-26-12-6-3-7-13-26)31(37)30(21-27-22-33-29-15-9-8-14-28(27)29)34-32(38)36-18-16-25(17-19-36)20-24-10-4-2-5-11-24/h2-15,22,25,30,33H,16-21,23H2,1H3,(H,34,38). The van der Waals surface area contributed by atoms with Gasteiger partial charge in [0.25, 0.3) is 0 Å². The van der Waals surface area contributed by atoms with E-state index in [2.05, 4.69) is 40.6 Å². The molecule has 1 unspecified atom stereocenters. The molecule has 0 radical (unpaired) electrons. The third kappa shape index (κ3) is 6.25. The summed E-state index contributed by atoms with van der Waals surface area (Å²) in [7, 11) is 1.80. The lowest BCUT2D eigenvalue weighted by atomic mass is 9.90. The Bertz CT molecular complexity index is 1340. The van der Waals surface area contributed by atoms with Gasteiger partial charge in [-0.1, -0.05) is 78.9 Å². The van der Waals surface area contributed by atoms with Gasteiger partial charge in [0.1, 0.15) is 6.04 Å². The highest BCUT2D eigenvalue weighted by atomic mass is 16.2. The van der Waals surface area contributed by atoms with Gasteiger partial charge in [-0.05, 0) is 47.9 Å². The number of fused-ring (bicyclic) bond motifs is 1. The maximum absolute atomic E-state index is 13.7. The zero-order valence-electron chi connectivity index (χ0n) is 22.0. The van der Waals surface area contributed by atoms with E-state index in [1.54, 1.807) is 11.9 Å². The second-order valence-electron chi connectivity index (χ2n) is 10.4. The molecule has 1 fully saturated rings. The van der Waals surface area contributed by atoms with E-state index in [0.29, 0.717) is 32.0 Å². The molecule has 38 heavy (non-hydrogen) atoms. The molecule has 6 nitrogen and oxygen atoms in total. The van der Waals surface area contributed by atoms with Crippen LogP contribution >= 0.6 is 0 Å². The third-order valence-corrected chi connectivity index (χ3v) is 7.60. The van der Waals surface area contributed by atoms with Crippen LogP contribution < -0.4 is 5.32 Å². The minimum absolute atomic E-state index is 0.0913. The van der Waals surface area contributed by atoms with Crippen LogP contribution in [-0.4, -0.2) is 52.9 Å². The summed E-state index contributed by atoms with van der Waals surface area (Å²) in [6.45, 7) is 1.90. The van der Waals surface area contributed by atoms with E-state index < -0.39 is 6.04 Å². The van der Waals surface area contributed by atoms with E-state index in [1.165, 1.54) is 5.56 Å². The van der Waals surface area contributed by atoms with Gasteiger partial charge in [0.05, 0.1) is 0 Å². The fourth-order valence-electron chi connectivity index (χ4n) is 5.45. The average Bonchev–Trinajstić information content (AvgIpc) is 3.36. The Morgan fingerprint density at radius 3 is 2.26 bits per heavy atom. The maximum atomic E-state index is 13.7. The molecule has 3 aromatic carbocycles. The highest BCUT2D eigenvalue weighted by Crippen LogP contribution is 2.23. The molecular weight excluding hydrogens is 472 g/mol. The molecule has 1 saturated heterocycles. The van der Waals surface area contributed by atoms with Crippen molar-refractivity contribution in [1.29, 1.82) is 0 Å². The summed E-state index contributed by atoms with van der Waals surface area (Å²) >= 11 is 0. The number of likely N-dealkylation sites (N-methyl/N-ethyl adjacent to an activating group) is 1. The number of aromatic nitrogens is 1. The van der Waals surface area contributed by atoms with Gasteiger partial charge in [-0.2, -0.15) is 0 Å². The van der Waals surface area contributed by atoms with Gasteiger partial charge in [-0.15, -0.1) is 0 Å². The normalized spacial score (nSPS) is 14.8. The predicted molar refractivity (Wildman–Crippen MR) is 152 cm³/mol. The van der Waals surface area contributed by atoms with Crippen LogP contribution in [0.3, 0.4) is 0 Å². The SMILES string of the molecule is CN(Cc1ccccc1)C(=O)C(Cc1c[nH]c2ccccc12)NC(=O)N1CCC(Cc2ccccc2)CC1. The van der Waals surface area contributed by atoms with Crippen molar-refractivity contribution in [3.05, 3.63) is 108 Å². The van der Waals surface area contributed by atoms with Crippen LogP contribution in [0.25, 0.3) is 10.9 Å². The van der Waals surface area contributed by atoms with Crippen molar-refractivity contribution < 1.29 is 9.59 Å². The van der Waals surface area contributed by atoms with Gasteiger partial charge in [-0.25, -0.2) is 4.79 Å². The Labute approximate surface area is 224 Å². The number of rotatable bonds is 8. The van der Waals surface area contributed by atoms with Gasteiger partial charge in [0.2, 0.25) is 5.91 Å². The lowest BCUT2D eigenvalue weighted by Crippen LogP contribution is -2.53. The highest BCUT2D eigenvalue weighted by Gasteiger charge is 2.29. The number of aromatic amines is 1. The molecule has 2 heterocycles. The Morgan fingerprint density at radius 1 is 0.921 bits per heavy atom. The van der Waals surface area contributed by atoms with Gasteiger partial charge >= 0.3 is 6.03 Å². The molecule has 3 amide bonds. The summed E-state index contributed by atoms with van der Waals surface area (Å²) in [4.78, 5) is 33.9. The number of likely N-dealkylation sites (tertiary alicyclic amines) is 1. The summed E-state index contributed by atoms with van der Waals surface area (Å²) in [5, 5.41) is 4.18. The Hall–Kier alpha value is -4.06. The molecule has 1 aliphatic rings. The number of amides is 3. The van der Waals surface area contributed by atoms with Crippen LogP contribution in [0.2, 0.25) is 0 Å². The monoisotopic (exact) mass is 508 g/mol. The second-order valence-corrected chi connectivity index (χ2v) is 10.4. The molecule has 0 bridgehead atoms. The zero-order chi connectivity index (χ0) is 26.3. The largest absolute Gasteiger partial charge is 0.361 e. The summed E-state index contributed by atoms with van der Waals surface area (Å²) in [6.07, 6.45) is 5.36. The fraction of sp³-hybridized carbons (Fsp3) is 0.312. The molecule has 196 valence electrons. The molecule has 4 aromatic rings. The number of piperidine rings is 1. The first-order chi connectivity index (χ1) is 18.6. The van der Waals surface area contributed by atoms with E-state index in [4.69, 9.17) is 0 Å². The molecule has 1 aromatic heterocycles. The quantitative estimate of drug-likeness (QED) is 0.335. The Kier molecular flexibility index (Phi) is 8.07. The lowest BCUT2D eigenvalue weighted by Gasteiger charge is -2.34. The first-order valence-corrected chi connectivity index (χ1v) is 13.5. The number of hydrogen-bond donors (Lipinski definition) is 2. The van der Waals surface area contributed by atoms with Crippen LogP contribution in [0.15, 0.2) is 91.1 Å². The molecule has 1 aliphatic heterocycles. The second kappa shape index (κ2) is 12.0. The number of nitrogens with zero attached hydrogens (tertiary/aromatic N) is 2. The molecular formula is C32H36N4O2. The van der Waals surface area contributed by atoms with E-state index >= 15 is 0 Å². The number of nitrogens with one attached hydrogen (secondary N) is 2. The highest BCUT2D eigenvalue weighted by molar-refractivity contribution is 5.89. The number of H-pyrrole nitrogens is 1. The third-order valence-electron chi connectivity index (χ3n) is 7.60. The van der Waals surface area contributed by atoms with Crippen molar-refractivity contribution >= 4 is 22.8 Å². The lowest BCUT2D eigenvalue weighted by molar-refractivity contribution is -0.132.